The van der Waals surface area contributed by atoms with Gasteiger partial charge in [-0.25, -0.2) is 4.68 Å². The average Bonchev–Trinajstić information content (AvgIpc) is 2.31. The molecule has 1 aliphatic heterocycles. The van der Waals surface area contributed by atoms with Gasteiger partial charge in [0, 0.05) is 19.7 Å². The van der Waals surface area contributed by atoms with E-state index < -0.39 is 0 Å². The number of aryl methyl sites for hydroxylation is 1. The van der Waals surface area contributed by atoms with Crippen LogP contribution < -0.4 is 5.56 Å². The van der Waals surface area contributed by atoms with Crippen molar-refractivity contribution in [3.8, 4) is 0 Å². The lowest BCUT2D eigenvalue weighted by atomic mass is 10.0. The van der Waals surface area contributed by atoms with Gasteiger partial charge in [0.2, 0.25) is 0 Å². The fourth-order valence-corrected chi connectivity index (χ4v) is 1.99. The maximum atomic E-state index is 12.4. The van der Waals surface area contributed by atoms with Crippen LogP contribution in [0.5, 0.6) is 0 Å². The summed E-state index contributed by atoms with van der Waals surface area (Å²) in [5.41, 5.74) is -0.300. The average molecular weight is 251 g/mol. The van der Waals surface area contributed by atoms with E-state index >= 15 is 0 Å². The number of amides is 1. The molecule has 6 heteroatoms. The summed E-state index contributed by atoms with van der Waals surface area (Å²) in [6.07, 6.45) is 0. The summed E-state index contributed by atoms with van der Waals surface area (Å²) in [5, 5.41) is 3.99. The van der Waals surface area contributed by atoms with Crippen LogP contribution in [0.25, 0.3) is 0 Å². The fraction of sp³-hybridized carbons (Fsp3) is 0.583. The lowest BCUT2D eigenvalue weighted by molar-refractivity contribution is -0.0374. The van der Waals surface area contributed by atoms with E-state index in [4.69, 9.17) is 4.74 Å². The van der Waals surface area contributed by atoms with Gasteiger partial charge < -0.3 is 9.64 Å². The van der Waals surface area contributed by atoms with Gasteiger partial charge >= 0.3 is 0 Å². The second-order valence-electron chi connectivity index (χ2n) is 5.00. The molecule has 0 radical (unpaired) electrons. The SMILES string of the molecule is Cn1nc(C(=O)N2CCOCC2(C)C)ccc1=O. The molecule has 0 bridgehead atoms. The number of hydrogen-bond acceptors (Lipinski definition) is 4. The number of carbonyl (C=O) groups is 1. The van der Waals surface area contributed by atoms with E-state index in [9.17, 15) is 9.59 Å². The van der Waals surface area contributed by atoms with E-state index in [1.54, 1.807) is 4.90 Å². The Labute approximate surface area is 105 Å². The predicted octanol–water partition coefficient (Wildman–Crippen LogP) is 0.0313. The zero-order valence-corrected chi connectivity index (χ0v) is 10.8. The van der Waals surface area contributed by atoms with E-state index in [-0.39, 0.29) is 22.7 Å². The summed E-state index contributed by atoms with van der Waals surface area (Å²) in [4.78, 5) is 25.4. The first-order chi connectivity index (χ1) is 8.42. The van der Waals surface area contributed by atoms with Gasteiger partial charge in [0.15, 0.2) is 0 Å². The van der Waals surface area contributed by atoms with E-state index in [1.807, 2.05) is 13.8 Å². The van der Waals surface area contributed by atoms with Gasteiger partial charge in [-0.1, -0.05) is 0 Å². The standard InChI is InChI=1S/C12H17N3O3/c1-12(2)8-18-7-6-15(12)11(17)9-4-5-10(16)14(3)13-9/h4-5H,6-8H2,1-3H3. The molecule has 18 heavy (non-hydrogen) atoms. The molecule has 98 valence electrons. The summed E-state index contributed by atoms with van der Waals surface area (Å²) in [7, 11) is 1.53. The van der Waals surface area contributed by atoms with E-state index in [0.29, 0.717) is 19.8 Å². The van der Waals surface area contributed by atoms with Crippen molar-refractivity contribution in [3.05, 3.63) is 28.2 Å². The molecule has 0 N–H and O–H groups in total. The Hall–Kier alpha value is -1.69. The van der Waals surface area contributed by atoms with Crippen molar-refractivity contribution in [3.63, 3.8) is 0 Å². The highest BCUT2D eigenvalue weighted by atomic mass is 16.5. The van der Waals surface area contributed by atoms with Gasteiger partial charge in [-0.2, -0.15) is 5.10 Å². The molecular formula is C12H17N3O3. The minimum absolute atomic E-state index is 0.168. The van der Waals surface area contributed by atoms with Crippen LogP contribution >= 0.6 is 0 Å². The maximum absolute atomic E-state index is 12.4. The van der Waals surface area contributed by atoms with Crippen molar-refractivity contribution in [1.29, 1.82) is 0 Å². The van der Waals surface area contributed by atoms with Gasteiger partial charge in [-0.3, -0.25) is 9.59 Å². The summed E-state index contributed by atoms with van der Waals surface area (Å²) in [6, 6.07) is 2.82. The molecule has 0 spiro atoms. The minimum Gasteiger partial charge on any atom is -0.377 e. The van der Waals surface area contributed by atoms with Crippen LogP contribution in [0, 0.1) is 0 Å². The first-order valence-corrected chi connectivity index (χ1v) is 5.86. The second kappa shape index (κ2) is 4.53. The third-order valence-corrected chi connectivity index (χ3v) is 3.07. The van der Waals surface area contributed by atoms with E-state index in [2.05, 4.69) is 5.10 Å². The molecule has 1 aromatic heterocycles. The van der Waals surface area contributed by atoms with Gasteiger partial charge in [0.25, 0.3) is 11.5 Å². The van der Waals surface area contributed by atoms with Crippen LogP contribution in [-0.4, -0.2) is 45.9 Å². The molecule has 0 saturated carbocycles. The normalized spacial score (nSPS) is 18.7. The van der Waals surface area contributed by atoms with Crippen LogP contribution in [0.3, 0.4) is 0 Å². The van der Waals surface area contributed by atoms with Crippen LogP contribution in [0.4, 0.5) is 0 Å². The van der Waals surface area contributed by atoms with Crippen LogP contribution in [0.1, 0.15) is 24.3 Å². The Morgan fingerprint density at radius 3 is 2.78 bits per heavy atom. The molecule has 1 amide bonds. The van der Waals surface area contributed by atoms with Crippen molar-refractivity contribution in [2.75, 3.05) is 19.8 Å². The topological polar surface area (TPSA) is 64.4 Å². The molecule has 1 aromatic rings. The fourth-order valence-electron chi connectivity index (χ4n) is 1.99. The molecule has 6 nitrogen and oxygen atoms in total. The summed E-state index contributed by atoms with van der Waals surface area (Å²) < 4.78 is 6.54. The molecule has 1 fully saturated rings. The third kappa shape index (κ3) is 2.28. The smallest absolute Gasteiger partial charge is 0.274 e. The highest BCUT2D eigenvalue weighted by Crippen LogP contribution is 2.20. The zero-order chi connectivity index (χ0) is 13.3. The van der Waals surface area contributed by atoms with Crippen LogP contribution in [0.15, 0.2) is 16.9 Å². The van der Waals surface area contributed by atoms with Crippen molar-refractivity contribution < 1.29 is 9.53 Å². The highest BCUT2D eigenvalue weighted by molar-refractivity contribution is 5.92. The molecule has 1 saturated heterocycles. The Morgan fingerprint density at radius 2 is 2.17 bits per heavy atom. The number of carbonyl (C=O) groups excluding carboxylic acids is 1. The number of hydrogen-bond donors (Lipinski definition) is 0. The summed E-state index contributed by atoms with van der Waals surface area (Å²) in [6.45, 7) is 5.47. The Balaban J connectivity index is 2.30. The second-order valence-corrected chi connectivity index (χ2v) is 5.00. The number of ether oxygens (including phenoxy) is 1. The van der Waals surface area contributed by atoms with Gasteiger partial charge in [-0.05, 0) is 19.9 Å². The van der Waals surface area contributed by atoms with Crippen molar-refractivity contribution in [2.45, 2.75) is 19.4 Å². The van der Waals surface area contributed by atoms with Gasteiger partial charge in [-0.15, -0.1) is 0 Å². The van der Waals surface area contributed by atoms with Crippen LogP contribution in [0.2, 0.25) is 0 Å². The molecule has 0 unspecified atom stereocenters. The van der Waals surface area contributed by atoms with Crippen molar-refractivity contribution in [1.82, 2.24) is 14.7 Å². The van der Waals surface area contributed by atoms with Crippen molar-refractivity contribution >= 4 is 5.91 Å². The number of aromatic nitrogens is 2. The molecule has 0 atom stereocenters. The zero-order valence-electron chi connectivity index (χ0n) is 10.8. The van der Waals surface area contributed by atoms with Gasteiger partial charge in [0.05, 0.1) is 18.8 Å². The molecule has 2 rings (SSSR count). The first kappa shape index (κ1) is 12.8. The highest BCUT2D eigenvalue weighted by Gasteiger charge is 2.35. The Morgan fingerprint density at radius 1 is 1.44 bits per heavy atom. The van der Waals surface area contributed by atoms with Crippen molar-refractivity contribution in [2.24, 2.45) is 7.05 Å². The van der Waals surface area contributed by atoms with Gasteiger partial charge in [0.1, 0.15) is 5.69 Å². The predicted molar refractivity (Wildman–Crippen MR) is 65.4 cm³/mol. The molecule has 2 heterocycles. The first-order valence-electron chi connectivity index (χ1n) is 5.86. The van der Waals surface area contributed by atoms with E-state index in [1.165, 1.54) is 23.9 Å². The molecule has 0 aliphatic carbocycles. The number of nitrogens with zero attached hydrogens (tertiary/aromatic N) is 3. The molecule has 1 aliphatic rings. The summed E-state index contributed by atoms with van der Waals surface area (Å²) >= 11 is 0. The molecular weight excluding hydrogens is 234 g/mol. The quantitative estimate of drug-likeness (QED) is 0.706. The molecule has 0 aromatic carbocycles. The minimum atomic E-state index is -0.355. The van der Waals surface area contributed by atoms with E-state index in [0.717, 1.165) is 0 Å². The Bertz CT molecular complexity index is 522. The number of rotatable bonds is 1. The lowest BCUT2D eigenvalue weighted by Crippen LogP contribution is -2.55. The van der Waals surface area contributed by atoms with Crippen LogP contribution in [-0.2, 0) is 11.8 Å². The monoisotopic (exact) mass is 251 g/mol. The maximum Gasteiger partial charge on any atom is 0.274 e. The number of morpholine rings is 1. The summed E-state index contributed by atoms with van der Waals surface area (Å²) in [5.74, 6) is -0.168. The largest absolute Gasteiger partial charge is 0.377 e. The Kier molecular flexibility index (Phi) is 3.21. The lowest BCUT2D eigenvalue weighted by Gasteiger charge is -2.41. The third-order valence-electron chi connectivity index (χ3n) is 3.07.